The van der Waals surface area contributed by atoms with Crippen LogP contribution in [0.4, 0.5) is 0 Å². The Balaban J connectivity index is 1.58. The van der Waals surface area contributed by atoms with E-state index in [-0.39, 0.29) is 12.3 Å². The summed E-state index contributed by atoms with van der Waals surface area (Å²) in [6.45, 7) is 0.607. The number of carbonyl (C=O) groups excluding carboxylic acids is 1. The van der Waals surface area contributed by atoms with Gasteiger partial charge in [-0.15, -0.1) is 11.3 Å². The smallest absolute Gasteiger partial charge is 0.228 e. The Kier molecular flexibility index (Phi) is 7.12. The van der Waals surface area contributed by atoms with Crippen molar-refractivity contribution in [2.45, 2.75) is 12.8 Å². The number of nitrogens with zero attached hydrogens (tertiary/aromatic N) is 2. The molecule has 3 aromatic rings. The van der Waals surface area contributed by atoms with Gasteiger partial charge >= 0.3 is 0 Å². The van der Waals surface area contributed by atoms with Gasteiger partial charge in [0.1, 0.15) is 5.01 Å². The second-order valence-electron chi connectivity index (χ2n) is 6.56. The Labute approximate surface area is 179 Å². The number of benzene rings is 2. The molecule has 1 amide bonds. The van der Waals surface area contributed by atoms with E-state index in [0.717, 1.165) is 28.2 Å². The molecule has 0 atom stereocenters. The van der Waals surface area contributed by atoms with Crippen molar-refractivity contribution in [2.24, 2.45) is 0 Å². The number of hydrogen-bond donors (Lipinski definition) is 0. The molecule has 0 aliphatic carbocycles. The Hall–Kier alpha value is -2.57. The average molecular weight is 431 g/mol. The van der Waals surface area contributed by atoms with Crippen LogP contribution < -0.4 is 9.47 Å². The monoisotopic (exact) mass is 430 g/mol. The lowest BCUT2D eigenvalue weighted by molar-refractivity contribution is -0.129. The molecule has 0 fully saturated rings. The van der Waals surface area contributed by atoms with Crippen molar-refractivity contribution in [3.05, 3.63) is 64.1 Å². The van der Waals surface area contributed by atoms with Crippen LogP contribution in [0.5, 0.6) is 11.5 Å². The summed E-state index contributed by atoms with van der Waals surface area (Å²) in [5.41, 5.74) is 2.73. The number of aromatic nitrogens is 1. The molecule has 0 radical (unpaired) electrons. The Morgan fingerprint density at radius 3 is 2.62 bits per heavy atom. The zero-order chi connectivity index (χ0) is 20.8. The van der Waals surface area contributed by atoms with Gasteiger partial charge in [-0.05, 0) is 30.2 Å². The second-order valence-corrected chi connectivity index (χ2v) is 7.82. The number of likely N-dealkylation sites (N-methyl/N-ethyl adjacent to an activating group) is 1. The van der Waals surface area contributed by atoms with Crippen molar-refractivity contribution in [1.82, 2.24) is 9.88 Å². The van der Waals surface area contributed by atoms with Crippen molar-refractivity contribution in [1.29, 1.82) is 0 Å². The van der Waals surface area contributed by atoms with Gasteiger partial charge in [-0.25, -0.2) is 4.98 Å². The molecular weight excluding hydrogens is 408 g/mol. The summed E-state index contributed by atoms with van der Waals surface area (Å²) in [4.78, 5) is 18.9. The van der Waals surface area contributed by atoms with E-state index in [0.29, 0.717) is 23.1 Å². The number of methoxy groups -OCH3 is 2. The highest BCUT2D eigenvalue weighted by Crippen LogP contribution is 2.30. The van der Waals surface area contributed by atoms with Crippen LogP contribution in [-0.4, -0.2) is 43.6 Å². The lowest BCUT2D eigenvalue weighted by Gasteiger charge is -2.17. The summed E-state index contributed by atoms with van der Waals surface area (Å²) in [5.74, 6) is 1.41. The van der Waals surface area contributed by atoms with E-state index in [9.17, 15) is 4.79 Å². The molecule has 2 aromatic carbocycles. The van der Waals surface area contributed by atoms with E-state index < -0.39 is 0 Å². The summed E-state index contributed by atoms with van der Waals surface area (Å²) in [6, 6.07) is 13.4. The lowest BCUT2D eigenvalue weighted by atomic mass is 10.1. The van der Waals surface area contributed by atoms with Gasteiger partial charge in [0.05, 0.1) is 31.4 Å². The Morgan fingerprint density at radius 1 is 1.14 bits per heavy atom. The van der Waals surface area contributed by atoms with Crippen LogP contribution in [0.3, 0.4) is 0 Å². The van der Waals surface area contributed by atoms with Crippen LogP contribution in [0.1, 0.15) is 11.3 Å². The van der Waals surface area contributed by atoms with Gasteiger partial charge in [0.25, 0.3) is 0 Å². The minimum atomic E-state index is 0.0292. The maximum atomic E-state index is 12.6. The topological polar surface area (TPSA) is 51.7 Å². The summed E-state index contributed by atoms with van der Waals surface area (Å²) >= 11 is 7.74. The third-order valence-electron chi connectivity index (χ3n) is 4.60. The minimum absolute atomic E-state index is 0.0292. The summed E-state index contributed by atoms with van der Waals surface area (Å²) < 4.78 is 10.6. The Bertz CT molecular complexity index is 990. The third-order valence-corrected chi connectivity index (χ3v) is 5.85. The Morgan fingerprint density at radius 2 is 1.90 bits per heavy atom. The maximum Gasteiger partial charge on any atom is 0.228 e. The van der Waals surface area contributed by atoms with Gasteiger partial charge in [0.2, 0.25) is 5.91 Å². The highest BCUT2D eigenvalue weighted by atomic mass is 35.5. The van der Waals surface area contributed by atoms with Gasteiger partial charge in [-0.1, -0.05) is 35.9 Å². The fourth-order valence-corrected chi connectivity index (χ4v) is 4.03. The molecule has 29 heavy (non-hydrogen) atoms. The van der Waals surface area contributed by atoms with Crippen LogP contribution in [0.2, 0.25) is 5.02 Å². The van der Waals surface area contributed by atoms with E-state index >= 15 is 0 Å². The summed E-state index contributed by atoms with van der Waals surface area (Å²) in [7, 11) is 5.03. The van der Waals surface area contributed by atoms with Crippen molar-refractivity contribution < 1.29 is 14.3 Å². The molecule has 1 aromatic heterocycles. The van der Waals surface area contributed by atoms with E-state index in [4.69, 9.17) is 21.1 Å². The van der Waals surface area contributed by atoms with Gasteiger partial charge in [0.15, 0.2) is 11.5 Å². The maximum absolute atomic E-state index is 12.6. The number of amides is 1. The molecule has 7 heteroatoms. The molecule has 0 aliphatic rings. The van der Waals surface area contributed by atoms with E-state index in [2.05, 4.69) is 4.98 Å². The molecule has 0 bridgehead atoms. The largest absolute Gasteiger partial charge is 0.493 e. The quantitative estimate of drug-likeness (QED) is 0.518. The number of hydrogen-bond acceptors (Lipinski definition) is 5. The lowest BCUT2D eigenvalue weighted by Crippen LogP contribution is -2.30. The predicted octanol–water partition coefficient (Wildman–Crippen LogP) is 4.72. The molecule has 3 rings (SSSR count). The third kappa shape index (κ3) is 5.28. The van der Waals surface area contributed by atoms with Crippen LogP contribution in [0, 0.1) is 0 Å². The van der Waals surface area contributed by atoms with Gasteiger partial charge in [0, 0.05) is 24.5 Å². The average Bonchev–Trinajstić information content (AvgIpc) is 3.20. The van der Waals surface area contributed by atoms with Crippen molar-refractivity contribution >= 4 is 28.8 Å². The molecule has 0 spiro atoms. The molecular formula is C22H23ClN2O3S. The van der Waals surface area contributed by atoms with E-state index in [1.807, 2.05) is 54.9 Å². The van der Waals surface area contributed by atoms with Crippen molar-refractivity contribution in [2.75, 3.05) is 27.8 Å². The molecule has 0 saturated carbocycles. The molecule has 1 heterocycles. The first-order valence-electron chi connectivity index (χ1n) is 9.16. The predicted molar refractivity (Wildman–Crippen MR) is 117 cm³/mol. The summed E-state index contributed by atoms with van der Waals surface area (Å²) in [6.07, 6.45) is 0.994. The fraction of sp³-hybridized carbons (Fsp3) is 0.273. The van der Waals surface area contributed by atoms with Crippen LogP contribution in [0.15, 0.2) is 47.8 Å². The standard InChI is InChI=1S/C22H23ClN2O3S/c1-25(11-10-15-8-9-19(27-2)20(12-15)28-3)21(26)13-16-14-29-22(24-16)17-6-4-5-7-18(17)23/h4-9,12,14H,10-11,13H2,1-3H3. The SMILES string of the molecule is COc1ccc(CCN(C)C(=O)Cc2csc(-c3ccccc3Cl)n2)cc1OC. The summed E-state index contributed by atoms with van der Waals surface area (Å²) in [5, 5.41) is 3.40. The number of thiazole rings is 1. The normalized spacial score (nSPS) is 10.6. The minimum Gasteiger partial charge on any atom is -0.493 e. The molecule has 0 saturated heterocycles. The first kappa shape index (κ1) is 21.1. The first-order valence-corrected chi connectivity index (χ1v) is 10.4. The van der Waals surface area contributed by atoms with Gasteiger partial charge in [-0.2, -0.15) is 0 Å². The van der Waals surface area contributed by atoms with E-state index in [1.54, 1.807) is 19.1 Å². The first-order chi connectivity index (χ1) is 14.0. The zero-order valence-corrected chi connectivity index (χ0v) is 18.2. The number of carbonyl (C=O) groups is 1. The number of ether oxygens (including phenoxy) is 2. The van der Waals surface area contributed by atoms with Gasteiger partial charge < -0.3 is 14.4 Å². The molecule has 0 unspecified atom stereocenters. The number of rotatable bonds is 8. The molecule has 5 nitrogen and oxygen atoms in total. The molecule has 152 valence electrons. The van der Waals surface area contributed by atoms with E-state index in [1.165, 1.54) is 11.3 Å². The second kappa shape index (κ2) is 9.76. The van der Waals surface area contributed by atoms with Crippen LogP contribution in [-0.2, 0) is 17.6 Å². The zero-order valence-electron chi connectivity index (χ0n) is 16.6. The highest BCUT2D eigenvalue weighted by molar-refractivity contribution is 7.13. The molecule has 0 N–H and O–H groups in total. The van der Waals surface area contributed by atoms with Gasteiger partial charge in [-0.3, -0.25) is 4.79 Å². The fourth-order valence-electron chi connectivity index (χ4n) is 2.89. The molecule has 0 aliphatic heterocycles. The van der Waals surface area contributed by atoms with Crippen molar-refractivity contribution in [3.8, 4) is 22.1 Å². The number of halogens is 1. The van der Waals surface area contributed by atoms with Crippen molar-refractivity contribution in [3.63, 3.8) is 0 Å². The highest BCUT2D eigenvalue weighted by Gasteiger charge is 2.14. The van der Waals surface area contributed by atoms with Crippen LogP contribution >= 0.6 is 22.9 Å². The van der Waals surface area contributed by atoms with Crippen LogP contribution in [0.25, 0.3) is 10.6 Å².